The summed E-state index contributed by atoms with van der Waals surface area (Å²) in [5, 5.41) is 7.64. The number of likely N-dealkylation sites (tertiary alicyclic amines) is 1. The second-order valence-electron chi connectivity index (χ2n) is 5.15. The van der Waals surface area contributed by atoms with E-state index in [0.717, 1.165) is 38.0 Å². The third-order valence-corrected chi connectivity index (χ3v) is 4.23. The van der Waals surface area contributed by atoms with E-state index in [1.54, 1.807) is 6.20 Å². The first-order valence-corrected chi connectivity index (χ1v) is 7.61. The Bertz CT molecular complexity index is 488. The molecular weight excluding hydrogens is 308 g/mol. The van der Waals surface area contributed by atoms with Gasteiger partial charge in [0.25, 0.3) is 5.56 Å². The monoisotopic (exact) mass is 328 g/mol. The van der Waals surface area contributed by atoms with Gasteiger partial charge in [-0.25, -0.2) is 4.68 Å². The van der Waals surface area contributed by atoms with E-state index in [2.05, 4.69) is 45.2 Å². The first-order valence-electron chi connectivity index (χ1n) is 6.82. The van der Waals surface area contributed by atoms with Gasteiger partial charge in [-0.3, -0.25) is 4.79 Å². The van der Waals surface area contributed by atoms with E-state index in [1.165, 1.54) is 4.68 Å². The first kappa shape index (κ1) is 14.5. The Morgan fingerprint density at radius 3 is 3.00 bits per heavy atom. The van der Waals surface area contributed by atoms with E-state index in [9.17, 15) is 4.79 Å². The molecule has 106 valence electrons. The van der Waals surface area contributed by atoms with Crippen LogP contribution in [0.3, 0.4) is 0 Å². The molecule has 1 atom stereocenters. The van der Waals surface area contributed by atoms with E-state index in [0.29, 0.717) is 17.1 Å². The lowest BCUT2D eigenvalue weighted by atomic mass is 10.2. The highest BCUT2D eigenvalue weighted by molar-refractivity contribution is 9.10. The van der Waals surface area contributed by atoms with Crippen molar-refractivity contribution in [2.75, 3.05) is 25.5 Å². The molecule has 0 amide bonds. The fourth-order valence-corrected chi connectivity index (χ4v) is 2.73. The fourth-order valence-electron chi connectivity index (χ4n) is 2.31. The van der Waals surface area contributed by atoms with Crippen LogP contribution in [0.5, 0.6) is 0 Å². The molecule has 5 nitrogen and oxygen atoms in total. The van der Waals surface area contributed by atoms with Gasteiger partial charge in [0.1, 0.15) is 4.47 Å². The molecule has 1 N–H and O–H groups in total. The number of hydrogen-bond acceptors (Lipinski definition) is 4. The number of nitrogens with zero attached hydrogens (tertiary/aromatic N) is 3. The minimum Gasteiger partial charge on any atom is -0.379 e. The van der Waals surface area contributed by atoms with Crippen molar-refractivity contribution in [2.24, 2.45) is 0 Å². The average Bonchev–Trinajstić information content (AvgIpc) is 2.80. The highest BCUT2D eigenvalue weighted by Crippen LogP contribution is 2.20. The van der Waals surface area contributed by atoms with Crippen LogP contribution in [-0.2, 0) is 6.54 Å². The normalized spacial score (nSPS) is 19.8. The van der Waals surface area contributed by atoms with Crippen LogP contribution in [0.4, 0.5) is 5.69 Å². The zero-order chi connectivity index (χ0) is 13.8. The molecule has 1 aromatic rings. The molecule has 1 aliphatic rings. The van der Waals surface area contributed by atoms with Gasteiger partial charge in [-0.1, -0.05) is 13.3 Å². The summed E-state index contributed by atoms with van der Waals surface area (Å²) in [5.74, 6) is 0. The third kappa shape index (κ3) is 3.57. The smallest absolute Gasteiger partial charge is 0.283 e. The summed E-state index contributed by atoms with van der Waals surface area (Å²) in [6.07, 6.45) is 4.88. The molecule has 2 rings (SSSR count). The van der Waals surface area contributed by atoms with Crippen LogP contribution in [0.2, 0.25) is 0 Å². The van der Waals surface area contributed by atoms with Crippen LogP contribution in [-0.4, -0.2) is 40.9 Å². The molecule has 0 bridgehead atoms. The van der Waals surface area contributed by atoms with Gasteiger partial charge in [0.05, 0.1) is 11.9 Å². The molecule has 0 spiro atoms. The second kappa shape index (κ2) is 6.52. The van der Waals surface area contributed by atoms with Gasteiger partial charge in [-0.05, 0) is 42.4 Å². The standard InChI is InChI=1S/C13H21BrN4O/c1-3-4-6-18-13(19)12(14)11(8-15-18)16-10-5-7-17(2)9-10/h8,10,16H,3-7,9H2,1-2H3. The van der Waals surface area contributed by atoms with Crippen LogP contribution in [0, 0.1) is 0 Å². The van der Waals surface area contributed by atoms with Crippen LogP contribution in [0.1, 0.15) is 26.2 Å². The average molecular weight is 329 g/mol. The molecule has 0 saturated carbocycles. The van der Waals surface area contributed by atoms with Crippen molar-refractivity contribution in [1.29, 1.82) is 0 Å². The quantitative estimate of drug-likeness (QED) is 0.897. The summed E-state index contributed by atoms with van der Waals surface area (Å²) in [4.78, 5) is 14.4. The molecule has 19 heavy (non-hydrogen) atoms. The lowest BCUT2D eigenvalue weighted by Crippen LogP contribution is -2.28. The number of likely N-dealkylation sites (N-methyl/N-ethyl adjacent to an activating group) is 1. The number of rotatable bonds is 5. The van der Waals surface area contributed by atoms with Crippen LogP contribution in [0.25, 0.3) is 0 Å². The molecule has 1 aliphatic heterocycles. The molecular formula is C13H21BrN4O. The Balaban J connectivity index is 2.10. The van der Waals surface area contributed by atoms with E-state index >= 15 is 0 Å². The number of aromatic nitrogens is 2. The maximum atomic E-state index is 12.1. The summed E-state index contributed by atoms with van der Waals surface area (Å²) < 4.78 is 2.12. The van der Waals surface area contributed by atoms with Gasteiger partial charge in [-0.2, -0.15) is 5.10 Å². The Kier molecular flexibility index (Phi) is 4.99. The summed E-state index contributed by atoms with van der Waals surface area (Å²) in [6.45, 7) is 4.88. The van der Waals surface area contributed by atoms with Crippen molar-refractivity contribution in [3.63, 3.8) is 0 Å². The van der Waals surface area contributed by atoms with Crippen LogP contribution >= 0.6 is 15.9 Å². The molecule has 1 saturated heterocycles. The number of anilines is 1. The lowest BCUT2D eigenvalue weighted by molar-refractivity contribution is 0.414. The van der Waals surface area contributed by atoms with Crippen molar-refractivity contribution >= 4 is 21.6 Å². The SMILES string of the molecule is CCCCn1ncc(NC2CCN(C)C2)c(Br)c1=O. The molecule has 0 aliphatic carbocycles. The minimum atomic E-state index is -0.0511. The van der Waals surface area contributed by atoms with Gasteiger partial charge in [-0.15, -0.1) is 0 Å². The van der Waals surface area contributed by atoms with E-state index in [4.69, 9.17) is 0 Å². The van der Waals surface area contributed by atoms with Gasteiger partial charge in [0, 0.05) is 19.1 Å². The highest BCUT2D eigenvalue weighted by Gasteiger charge is 2.20. The summed E-state index contributed by atoms with van der Waals surface area (Å²) in [7, 11) is 2.11. The maximum Gasteiger partial charge on any atom is 0.283 e. The predicted octanol–water partition coefficient (Wildman–Crippen LogP) is 1.92. The number of nitrogens with one attached hydrogen (secondary N) is 1. The Morgan fingerprint density at radius 1 is 1.58 bits per heavy atom. The van der Waals surface area contributed by atoms with Crippen molar-refractivity contribution in [1.82, 2.24) is 14.7 Å². The highest BCUT2D eigenvalue weighted by atomic mass is 79.9. The second-order valence-corrected chi connectivity index (χ2v) is 5.94. The van der Waals surface area contributed by atoms with Gasteiger partial charge >= 0.3 is 0 Å². The van der Waals surface area contributed by atoms with Gasteiger partial charge < -0.3 is 10.2 Å². The van der Waals surface area contributed by atoms with Crippen molar-refractivity contribution in [3.8, 4) is 0 Å². The molecule has 2 heterocycles. The number of hydrogen-bond donors (Lipinski definition) is 1. The number of unbranched alkanes of at least 4 members (excludes halogenated alkanes) is 1. The van der Waals surface area contributed by atoms with Crippen molar-refractivity contribution in [2.45, 2.75) is 38.8 Å². The van der Waals surface area contributed by atoms with E-state index < -0.39 is 0 Å². The first-order chi connectivity index (χ1) is 9.11. The summed E-state index contributed by atoms with van der Waals surface area (Å²) in [5.41, 5.74) is 0.753. The van der Waals surface area contributed by atoms with E-state index in [-0.39, 0.29) is 5.56 Å². The Morgan fingerprint density at radius 2 is 2.37 bits per heavy atom. The van der Waals surface area contributed by atoms with Gasteiger partial charge in [0.2, 0.25) is 0 Å². The molecule has 1 aromatic heterocycles. The third-order valence-electron chi connectivity index (χ3n) is 3.46. The van der Waals surface area contributed by atoms with Gasteiger partial charge in [0.15, 0.2) is 0 Å². The lowest BCUT2D eigenvalue weighted by Gasteiger charge is -2.15. The molecule has 1 unspecified atom stereocenters. The molecule has 0 aromatic carbocycles. The Hall–Kier alpha value is -0.880. The molecule has 1 fully saturated rings. The van der Waals surface area contributed by atoms with Crippen molar-refractivity contribution in [3.05, 3.63) is 21.0 Å². The largest absolute Gasteiger partial charge is 0.379 e. The summed E-state index contributed by atoms with van der Waals surface area (Å²) in [6, 6.07) is 0.397. The topological polar surface area (TPSA) is 50.2 Å². The Labute approximate surface area is 122 Å². The maximum absolute atomic E-state index is 12.1. The predicted molar refractivity (Wildman–Crippen MR) is 80.6 cm³/mol. The summed E-state index contributed by atoms with van der Waals surface area (Å²) >= 11 is 3.40. The van der Waals surface area contributed by atoms with Crippen LogP contribution in [0.15, 0.2) is 15.5 Å². The minimum absolute atomic E-state index is 0.0511. The molecule has 0 radical (unpaired) electrons. The number of halogens is 1. The van der Waals surface area contributed by atoms with E-state index in [1.807, 2.05) is 0 Å². The van der Waals surface area contributed by atoms with Crippen molar-refractivity contribution < 1.29 is 0 Å². The fraction of sp³-hybridized carbons (Fsp3) is 0.692. The number of aryl methyl sites for hydroxylation is 1. The zero-order valence-electron chi connectivity index (χ0n) is 11.5. The molecule has 6 heteroatoms. The van der Waals surface area contributed by atoms with Crippen LogP contribution < -0.4 is 10.9 Å². The zero-order valence-corrected chi connectivity index (χ0v) is 13.1.